The summed E-state index contributed by atoms with van der Waals surface area (Å²) >= 11 is 0. The molecule has 1 rings (SSSR count). The highest BCUT2D eigenvalue weighted by Gasteiger charge is 2.22. The van der Waals surface area contributed by atoms with Crippen LogP contribution in [0.4, 0.5) is 13.2 Å². The van der Waals surface area contributed by atoms with Crippen LogP contribution < -0.4 is 11.1 Å². The second-order valence-electron chi connectivity index (χ2n) is 4.12. The molecule has 0 radical (unpaired) electrons. The first kappa shape index (κ1) is 16.5. The molecule has 0 aliphatic rings. The molecule has 0 bridgehead atoms. The van der Waals surface area contributed by atoms with Gasteiger partial charge < -0.3 is 16.2 Å². The first-order chi connectivity index (χ1) is 9.72. The third-order valence-electron chi connectivity index (χ3n) is 2.53. The van der Waals surface area contributed by atoms with Crippen molar-refractivity contribution in [1.82, 2.24) is 5.32 Å². The molecule has 4 N–H and O–H groups in total. The van der Waals surface area contributed by atoms with E-state index in [1.54, 1.807) is 0 Å². The van der Waals surface area contributed by atoms with E-state index in [1.807, 2.05) is 5.32 Å². The molecule has 1 aromatic carbocycles. The summed E-state index contributed by atoms with van der Waals surface area (Å²) in [5.41, 5.74) is 4.27. The number of carboxylic acid groups (broad SMARTS) is 1. The number of nitrogens with two attached hydrogens (primary N) is 1. The van der Waals surface area contributed by atoms with E-state index in [-0.39, 0.29) is 12.8 Å². The minimum Gasteiger partial charge on any atom is -0.480 e. The van der Waals surface area contributed by atoms with Crippen LogP contribution >= 0.6 is 0 Å². The largest absolute Gasteiger partial charge is 0.480 e. The third kappa shape index (κ3) is 4.48. The van der Waals surface area contributed by atoms with Crippen LogP contribution in [0.3, 0.4) is 0 Å². The Morgan fingerprint density at radius 2 is 1.71 bits per heavy atom. The lowest BCUT2D eigenvalue weighted by molar-refractivity contribution is -0.139. The number of primary amides is 1. The van der Waals surface area contributed by atoms with Crippen LogP contribution in [-0.2, 0) is 9.59 Å². The Morgan fingerprint density at radius 3 is 2.14 bits per heavy atom. The number of aliphatic carboxylic acids is 1. The molecule has 1 unspecified atom stereocenters. The fourth-order valence-electron chi connectivity index (χ4n) is 1.47. The molecule has 6 nitrogen and oxygen atoms in total. The van der Waals surface area contributed by atoms with Crippen molar-refractivity contribution in [2.75, 3.05) is 0 Å². The Morgan fingerprint density at radius 1 is 1.19 bits per heavy atom. The van der Waals surface area contributed by atoms with Crippen molar-refractivity contribution in [2.24, 2.45) is 5.73 Å². The number of rotatable bonds is 6. The summed E-state index contributed by atoms with van der Waals surface area (Å²) in [5, 5.41) is 10.8. The Hall–Kier alpha value is -2.58. The molecule has 21 heavy (non-hydrogen) atoms. The molecule has 0 aliphatic heterocycles. The standard InChI is InChI=1S/C12H11F3N2O4/c13-6-3-5(4-7(14)10(6)15)11(19)17-8(12(20)21)1-2-9(16)18/h3-4,8H,1-2H2,(H2,16,18)(H,17,19)(H,20,21). The van der Waals surface area contributed by atoms with Gasteiger partial charge in [0.15, 0.2) is 17.5 Å². The summed E-state index contributed by atoms with van der Waals surface area (Å²) in [6.45, 7) is 0. The topological polar surface area (TPSA) is 109 Å². The van der Waals surface area contributed by atoms with E-state index >= 15 is 0 Å². The number of hydrogen-bond donors (Lipinski definition) is 3. The molecular weight excluding hydrogens is 293 g/mol. The van der Waals surface area contributed by atoms with Gasteiger partial charge in [0, 0.05) is 12.0 Å². The maximum Gasteiger partial charge on any atom is 0.326 e. The van der Waals surface area contributed by atoms with Gasteiger partial charge in [0.05, 0.1) is 0 Å². The minimum absolute atomic E-state index is 0.289. The Balaban J connectivity index is 2.87. The lowest BCUT2D eigenvalue weighted by Crippen LogP contribution is -2.41. The van der Waals surface area contributed by atoms with Crippen LogP contribution in [-0.4, -0.2) is 28.9 Å². The third-order valence-corrected chi connectivity index (χ3v) is 2.53. The lowest BCUT2D eigenvalue weighted by Gasteiger charge is -2.13. The van der Waals surface area contributed by atoms with Crippen molar-refractivity contribution in [2.45, 2.75) is 18.9 Å². The lowest BCUT2D eigenvalue weighted by atomic mass is 10.1. The molecule has 114 valence electrons. The quantitative estimate of drug-likeness (QED) is 0.667. The summed E-state index contributed by atoms with van der Waals surface area (Å²) < 4.78 is 38.7. The summed E-state index contributed by atoms with van der Waals surface area (Å²) in [7, 11) is 0. The van der Waals surface area contributed by atoms with Crippen LogP contribution in [0.1, 0.15) is 23.2 Å². The number of carbonyl (C=O) groups is 3. The van der Waals surface area contributed by atoms with Crippen LogP contribution in [0.25, 0.3) is 0 Å². The molecule has 0 saturated carbocycles. The minimum atomic E-state index is -1.74. The summed E-state index contributed by atoms with van der Waals surface area (Å²) in [6, 6.07) is -0.609. The number of carbonyl (C=O) groups excluding carboxylic acids is 2. The van der Waals surface area contributed by atoms with Crippen molar-refractivity contribution in [1.29, 1.82) is 0 Å². The summed E-state index contributed by atoms with van der Waals surface area (Å²) in [4.78, 5) is 33.2. The van der Waals surface area contributed by atoms with Gasteiger partial charge in [0.25, 0.3) is 5.91 Å². The van der Waals surface area contributed by atoms with Crippen LogP contribution in [0.2, 0.25) is 0 Å². The van der Waals surface area contributed by atoms with Gasteiger partial charge in [0.2, 0.25) is 5.91 Å². The van der Waals surface area contributed by atoms with Gasteiger partial charge >= 0.3 is 5.97 Å². The predicted octanol–water partition coefficient (Wildman–Crippen LogP) is 0.552. The smallest absolute Gasteiger partial charge is 0.326 e. The normalized spacial score (nSPS) is 11.8. The van der Waals surface area contributed by atoms with Crippen molar-refractivity contribution in [3.63, 3.8) is 0 Å². The van der Waals surface area contributed by atoms with Gasteiger partial charge in [-0.25, -0.2) is 18.0 Å². The first-order valence-corrected chi connectivity index (χ1v) is 5.69. The predicted molar refractivity (Wildman–Crippen MR) is 63.6 cm³/mol. The zero-order valence-electron chi connectivity index (χ0n) is 10.5. The van der Waals surface area contributed by atoms with Crippen molar-refractivity contribution >= 4 is 17.8 Å². The number of carboxylic acids is 1. The summed E-state index contributed by atoms with van der Waals surface area (Å²) in [5.74, 6) is -8.24. The number of benzene rings is 1. The average molecular weight is 304 g/mol. The van der Waals surface area contributed by atoms with E-state index in [9.17, 15) is 27.6 Å². The van der Waals surface area contributed by atoms with Gasteiger partial charge in [-0.05, 0) is 18.6 Å². The monoisotopic (exact) mass is 304 g/mol. The van der Waals surface area contributed by atoms with Crippen molar-refractivity contribution in [3.8, 4) is 0 Å². The maximum absolute atomic E-state index is 13.0. The second-order valence-corrected chi connectivity index (χ2v) is 4.12. The molecule has 2 amide bonds. The van der Waals surface area contributed by atoms with E-state index in [2.05, 4.69) is 0 Å². The van der Waals surface area contributed by atoms with Crippen LogP contribution in [0.15, 0.2) is 12.1 Å². The first-order valence-electron chi connectivity index (χ1n) is 5.69. The molecule has 0 aliphatic carbocycles. The highest BCUT2D eigenvalue weighted by atomic mass is 19.2. The number of nitrogens with one attached hydrogen (secondary N) is 1. The van der Waals surface area contributed by atoms with Crippen LogP contribution in [0, 0.1) is 17.5 Å². The second kappa shape index (κ2) is 6.73. The zero-order chi connectivity index (χ0) is 16.2. The molecule has 0 aromatic heterocycles. The maximum atomic E-state index is 13.0. The SMILES string of the molecule is NC(=O)CCC(NC(=O)c1cc(F)c(F)c(F)c1)C(=O)O. The Bertz CT molecular complexity index is 569. The van der Waals surface area contributed by atoms with Gasteiger partial charge in [-0.15, -0.1) is 0 Å². The van der Waals surface area contributed by atoms with Gasteiger partial charge in [-0.3, -0.25) is 9.59 Å². The van der Waals surface area contributed by atoms with E-state index in [1.165, 1.54) is 0 Å². The molecular formula is C12H11F3N2O4. The van der Waals surface area contributed by atoms with Crippen LogP contribution in [0.5, 0.6) is 0 Å². The number of hydrogen-bond acceptors (Lipinski definition) is 3. The van der Waals surface area contributed by atoms with E-state index < -0.39 is 46.8 Å². The molecule has 9 heteroatoms. The number of halogens is 3. The molecule has 0 fully saturated rings. The highest BCUT2D eigenvalue weighted by molar-refractivity contribution is 5.96. The fourth-order valence-corrected chi connectivity index (χ4v) is 1.47. The molecule has 1 aromatic rings. The fraction of sp³-hybridized carbons (Fsp3) is 0.250. The van der Waals surface area contributed by atoms with Crippen molar-refractivity contribution in [3.05, 3.63) is 35.1 Å². The van der Waals surface area contributed by atoms with E-state index in [0.717, 1.165) is 0 Å². The Kier molecular flexibility index (Phi) is 5.28. The summed E-state index contributed by atoms with van der Waals surface area (Å²) in [6.07, 6.45) is -0.591. The number of amides is 2. The average Bonchev–Trinajstić information content (AvgIpc) is 2.39. The molecule has 1 atom stereocenters. The molecule has 0 heterocycles. The highest BCUT2D eigenvalue weighted by Crippen LogP contribution is 2.14. The molecule has 0 spiro atoms. The Labute approximate surface area is 116 Å². The van der Waals surface area contributed by atoms with Gasteiger partial charge in [-0.2, -0.15) is 0 Å². The zero-order valence-corrected chi connectivity index (χ0v) is 10.5. The van der Waals surface area contributed by atoms with Crippen molar-refractivity contribution < 1.29 is 32.7 Å². The van der Waals surface area contributed by atoms with Gasteiger partial charge in [0.1, 0.15) is 6.04 Å². The van der Waals surface area contributed by atoms with E-state index in [4.69, 9.17) is 10.8 Å². The molecule has 0 saturated heterocycles. The van der Waals surface area contributed by atoms with E-state index in [0.29, 0.717) is 12.1 Å². The van der Waals surface area contributed by atoms with Gasteiger partial charge in [-0.1, -0.05) is 0 Å².